The quantitative estimate of drug-likeness (QED) is 0.371. The van der Waals surface area contributed by atoms with E-state index in [-0.39, 0.29) is 23.9 Å². The van der Waals surface area contributed by atoms with Crippen LogP contribution in [0.4, 0.5) is 0 Å². The molecule has 0 radical (unpaired) electrons. The first-order valence-electron chi connectivity index (χ1n) is 12.2. The Morgan fingerprint density at radius 1 is 1.06 bits per heavy atom. The van der Waals surface area contributed by atoms with Crippen LogP contribution in [0.3, 0.4) is 0 Å². The maximum Gasteiger partial charge on any atom is 0.274 e. The van der Waals surface area contributed by atoms with Crippen LogP contribution in [0, 0.1) is 0 Å². The van der Waals surface area contributed by atoms with Crippen molar-refractivity contribution in [3.05, 3.63) is 87.3 Å². The van der Waals surface area contributed by atoms with Crippen molar-refractivity contribution in [1.82, 2.24) is 24.9 Å². The third-order valence-electron chi connectivity index (χ3n) is 6.59. The number of aromatic nitrogens is 4. The summed E-state index contributed by atoms with van der Waals surface area (Å²) in [6.45, 7) is 0.548. The van der Waals surface area contributed by atoms with Crippen LogP contribution in [0.25, 0.3) is 17.2 Å². The summed E-state index contributed by atoms with van der Waals surface area (Å²) in [5.41, 5.74) is 1.16. The highest BCUT2D eigenvalue weighted by Gasteiger charge is 2.40. The van der Waals surface area contributed by atoms with Crippen LogP contribution in [0.15, 0.2) is 65.5 Å². The van der Waals surface area contributed by atoms with Gasteiger partial charge in [0.1, 0.15) is 5.60 Å². The van der Waals surface area contributed by atoms with E-state index in [0.717, 1.165) is 30.4 Å². The molecule has 36 heavy (non-hydrogen) atoms. The molecule has 0 unspecified atom stereocenters. The third-order valence-corrected chi connectivity index (χ3v) is 6.83. The summed E-state index contributed by atoms with van der Waals surface area (Å²) < 4.78 is 7.56. The summed E-state index contributed by atoms with van der Waals surface area (Å²) in [6, 6.07) is 18.6. The van der Waals surface area contributed by atoms with Gasteiger partial charge in [-0.2, -0.15) is 9.50 Å². The first kappa shape index (κ1) is 24.2. The maximum absolute atomic E-state index is 13.3. The van der Waals surface area contributed by atoms with Gasteiger partial charge in [0.15, 0.2) is 5.82 Å². The largest absolute Gasteiger partial charge is 0.359 e. The number of nitrogens with zero attached hydrogens (tertiary/aromatic N) is 3. The predicted octanol–water partition coefficient (Wildman–Crippen LogP) is 4.32. The molecule has 9 heteroatoms. The van der Waals surface area contributed by atoms with Crippen LogP contribution in [-0.4, -0.2) is 37.6 Å². The van der Waals surface area contributed by atoms with Gasteiger partial charge in [0.05, 0.1) is 12.3 Å². The van der Waals surface area contributed by atoms with Gasteiger partial charge in [-0.15, -0.1) is 0 Å². The van der Waals surface area contributed by atoms with Crippen LogP contribution in [0.5, 0.6) is 0 Å². The SMILES string of the molecule is O=C(NCCc1cccc(Cl)c1)C1(OCc2cc(=O)n3[nH]c(-c4ccccc4)nc3n2)CCCCC1. The van der Waals surface area contributed by atoms with E-state index in [1.807, 2.05) is 54.6 Å². The van der Waals surface area contributed by atoms with Gasteiger partial charge in [0.2, 0.25) is 0 Å². The van der Waals surface area contributed by atoms with E-state index < -0.39 is 5.60 Å². The number of benzene rings is 2. The van der Waals surface area contributed by atoms with Gasteiger partial charge in [-0.25, -0.2) is 4.98 Å². The Labute approximate surface area is 213 Å². The molecule has 5 rings (SSSR count). The van der Waals surface area contributed by atoms with Crippen molar-refractivity contribution >= 4 is 23.3 Å². The zero-order valence-electron chi connectivity index (χ0n) is 19.9. The molecule has 2 heterocycles. The minimum absolute atomic E-state index is 0.0565. The molecule has 0 bridgehead atoms. The molecule has 186 valence electrons. The molecule has 1 fully saturated rings. The Hall–Kier alpha value is -3.49. The van der Waals surface area contributed by atoms with Crippen molar-refractivity contribution < 1.29 is 9.53 Å². The van der Waals surface area contributed by atoms with Crippen LogP contribution in [0.1, 0.15) is 43.4 Å². The van der Waals surface area contributed by atoms with E-state index in [4.69, 9.17) is 16.3 Å². The molecular weight excluding hydrogens is 478 g/mol. The van der Waals surface area contributed by atoms with Gasteiger partial charge in [-0.3, -0.25) is 14.7 Å². The van der Waals surface area contributed by atoms with E-state index in [2.05, 4.69) is 20.4 Å². The third kappa shape index (κ3) is 5.34. The number of carbonyl (C=O) groups excluding carboxylic acids is 1. The van der Waals surface area contributed by atoms with E-state index in [1.165, 1.54) is 10.6 Å². The number of carbonyl (C=O) groups is 1. The number of rotatable bonds is 8. The van der Waals surface area contributed by atoms with Crippen molar-refractivity contribution in [3.8, 4) is 11.4 Å². The summed E-state index contributed by atoms with van der Waals surface area (Å²) in [6.07, 6.45) is 4.85. The second kappa shape index (κ2) is 10.6. The second-order valence-electron chi connectivity index (χ2n) is 9.14. The number of amides is 1. The fraction of sp³-hybridized carbons (Fsp3) is 0.333. The Bertz CT molecular complexity index is 1410. The second-order valence-corrected chi connectivity index (χ2v) is 9.58. The average molecular weight is 506 g/mol. The lowest BCUT2D eigenvalue weighted by molar-refractivity contribution is -0.154. The molecule has 1 amide bonds. The lowest BCUT2D eigenvalue weighted by Crippen LogP contribution is -2.50. The molecule has 8 nitrogen and oxygen atoms in total. The lowest BCUT2D eigenvalue weighted by Gasteiger charge is -2.35. The van der Waals surface area contributed by atoms with E-state index in [1.54, 1.807) is 0 Å². The number of fused-ring (bicyclic) bond motifs is 1. The van der Waals surface area contributed by atoms with Gasteiger partial charge in [-0.05, 0) is 37.0 Å². The minimum atomic E-state index is -0.930. The molecule has 4 aromatic rings. The van der Waals surface area contributed by atoms with Crippen molar-refractivity contribution in [1.29, 1.82) is 0 Å². The Morgan fingerprint density at radius 2 is 1.86 bits per heavy atom. The van der Waals surface area contributed by atoms with Crippen LogP contribution >= 0.6 is 11.6 Å². The highest BCUT2D eigenvalue weighted by Crippen LogP contribution is 2.33. The van der Waals surface area contributed by atoms with Crippen molar-refractivity contribution in [2.45, 2.75) is 50.7 Å². The summed E-state index contributed by atoms with van der Waals surface area (Å²) in [5.74, 6) is 0.706. The minimum Gasteiger partial charge on any atom is -0.359 e. The Balaban J connectivity index is 1.29. The maximum atomic E-state index is 13.3. The zero-order chi connectivity index (χ0) is 25.0. The van der Waals surface area contributed by atoms with Gasteiger partial charge < -0.3 is 10.1 Å². The van der Waals surface area contributed by atoms with Gasteiger partial charge >= 0.3 is 0 Å². The highest BCUT2D eigenvalue weighted by molar-refractivity contribution is 6.30. The monoisotopic (exact) mass is 505 g/mol. The normalized spacial score (nSPS) is 15.1. The number of aromatic amines is 1. The number of hydrogen-bond donors (Lipinski definition) is 2. The summed E-state index contributed by atoms with van der Waals surface area (Å²) in [4.78, 5) is 35.0. The fourth-order valence-corrected chi connectivity index (χ4v) is 4.89. The molecule has 1 aliphatic carbocycles. The number of ether oxygens (including phenoxy) is 1. The number of H-pyrrole nitrogens is 1. The molecule has 0 saturated heterocycles. The van der Waals surface area contributed by atoms with Crippen LogP contribution in [-0.2, 0) is 22.6 Å². The zero-order valence-corrected chi connectivity index (χ0v) is 20.6. The molecule has 0 aliphatic heterocycles. The van der Waals surface area contributed by atoms with E-state index in [9.17, 15) is 9.59 Å². The molecule has 1 aliphatic rings. The summed E-state index contributed by atoms with van der Waals surface area (Å²) in [7, 11) is 0. The molecule has 1 saturated carbocycles. The molecule has 0 atom stereocenters. The smallest absolute Gasteiger partial charge is 0.274 e. The van der Waals surface area contributed by atoms with Gasteiger partial charge in [0, 0.05) is 23.2 Å². The molecule has 0 spiro atoms. The van der Waals surface area contributed by atoms with E-state index >= 15 is 0 Å². The standard InChI is InChI=1S/C27H28ClN5O3/c28-21-11-7-8-19(16-21)12-15-29-25(35)27(13-5-2-6-14-27)36-18-22-17-23(34)33-26(30-22)31-24(32-33)20-9-3-1-4-10-20/h1,3-4,7-11,16-17H,2,5-6,12-15,18H2,(H,29,35)(H,30,31,32). The van der Waals surface area contributed by atoms with Crippen LogP contribution in [0.2, 0.25) is 5.02 Å². The molecule has 2 aromatic carbocycles. The van der Waals surface area contributed by atoms with E-state index in [0.29, 0.717) is 42.3 Å². The number of nitrogens with one attached hydrogen (secondary N) is 2. The first-order valence-corrected chi connectivity index (χ1v) is 12.6. The predicted molar refractivity (Wildman–Crippen MR) is 138 cm³/mol. The first-order chi connectivity index (χ1) is 17.5. The average Bonchev–Trinajstić information content (AvgIpc) is 3.34. The highest BCUT2D eigenvalue weighted by atomic mass is 35.5. The number of hydrogen-bond acceptors (Lipinski definition) is 5. The number of halogens is 1. The van der Waals surface area contributed by atoms with Crippen molar-refractivity contribution in [2.75, 3.05) is 6.54 Å². The summed E-state index contributed by atoms with van der Waals surface area (Å²) in [5, 5.41) is 6.73. The van der Waals surface area contributed by atoms with Crippen molar-refractivity contribution in [3.63, 3.8) is 0 Å². The Kier molecular flexibility index (Phi) is 7.16. The van der Waals surface area contributed by atoms with Crippen molar-refractivity contribution in [2.24, 2.45) is 0 Å². The Morgan fingerprint density at radius 3 is 2.64 bits per heavy atom. The molecular formula is C27H28ClN5O3. The molecule has 2 aromatic heterocycles. The lowest BCUT2D eigenvalue weighted by atomic mass is 9.83. The fourth-order valence-electron chi connectivity index (χ4n) is 4.67. The topological polar surface area (TPSA) is 101 Å². The van der Waals surface area contributed by atoms with Gasteiger partial charge in [-0.1, -0.05) is 73.3 Å². The summed E-state index contributed by atoms with van der Waals surface area (Å²) >= 11 is 6.07. The van der Waals surface area contributed by atoms with Crippen LogP contribution < -0.4 is 10.9 Å². The molecule has 2 N–H and O–H groups in total. The van der Waals surface area contributed by atoms with Gasteiger partial charge in [0.25, 0.3) is 17.2 Å².